The zero-order chi connectivity index (χ0) is 20.4. The third kappa shape index (κ3) is 4.08. The van der Waals surface area contributed by atoms with Crippen molar-refractivity contribution >= 4 is 11.8 Å². The Kier molecular flexibility index (Phi) is 6.69. The third-order valence-corrected chi connectivity index (χ3v) is 7.97. The number of ketones is 1. The number of carbonyl (C=O) groups excluding carboxylic acids is 2. The predicted octanol–water partition coefficient (Wildman–Crippen LogP) is 5.10. The third-order valence-electron chi connectivity index (χ3n) is 7.97. The van der Waals surface area contributed by atoms with Crippen molar-refractivity contribution in [1.29, 1.82) is 0 Å². The molecule has 3 fully saturated rings. The molecule has 0 bridgehead atoms. The average Bonchev–Trinajstić information content (AvgIpc) is 3.22. The minimum absolute atomic E-state index is 0.0452. The Morgan fingerprint density at radius 3 is 2.71 bits per heavy atom. The summed E-state index contributed by atoms with van der Waals surface area (Å²) in [4.78, 5) is 26.1. The van der Waals surface area contributed by atoms with Crippen LogP contribution in [0.4, 0.5) is 0 Å². The molecule has 0 amide bonds. The topological polar surface area (TPSA) is 52.6 Å². The SMILES string of the molecule is COC(=O)C1(CCC/C=C/CC2CCCCO2)C(=O)C[C@H]2[C@@H](C[C@H]1C)C2(C)C. The standard InChI is InChI=1S/C24H38O4/c1-17-15-19-20(23(19,2)3)16-21(25)24(17,22(26)27-4)13-9-6-5-7-11-18-12-8-10-14-28-18/h5,7,17-20H,6,8-16H2,1-4H3/b7-5+/t17-,18?,19-,20+,24?/m1/s1. The van der Waals surface area contributed by atoms with Crippen LogP contribution in [-0.4, -0.2) is 31.6 Å². The number of rotatable bonds is 7. The van der Waals surface area contributed by atoms with Gasteiger partial charge in [0.15, 0.2) is 5.78 Å². The van der Waals surface area contributed by atoms with E-state index >= 15 is 0 Å². The van der Waals surface area contributed by atoms with E-state index in [1.807, 2.05) is 0 Å². The number of methoxy groups -OCH3 is 1. The Morgan fingerprint density at radius 2 is 2.04 bits per heavy atom. The van der Waals surface area contributed by atoms with Crippen LogP contribution in [0.3, 0.4) is 0 Å². The highest BCUT2D eigenvalue weighted by molar-refractivity contribution is 6.04. The molecule has 4 heteroatoms. The van der Waals surface area contributed by atoms with Crippen molar-refractivity contribution < 1.29 is 19.1 Å². The van der Waals surface area contributed by atoms with Gasteiger partial charge in [0, 0.05) is 13.0 Å². The van der Waals surface area contributed by atoms with Gasteiger partial charge >= 0.3 is 5.97 Å². The largest absolute Gasteiger partial charge is 0.468 e. The molecule has 5 atom stereocenters. The number of ether oxygens (including phenoxy) is 2. The van der Waals surface area contributed by atoms with Gasteiger partial charge in [0.05, 0.1) is 13.2 Å². The summed E-state index contributed by atoms with van der Waals surface area (Å²) in [5.74, 6) is 0.842. The summed E-state index contributed by atoms with van der Waals surface area (Å²) in [6, 6.07) is 0. The maximum absolute atomic E-state index is 13.3. The molecule has 1 heterocycles. The number of unbranched alkanes of at least 4 members (excludes halogenated alkanes) is 1. The van der Waals surface area contributed by atoms with Crippen LogP contribution in [0.25, 0.3) is 0 Å². The first-order valence-corrected chi connectivity index (χ1v) is 11.2. The van der Waals surface area contributed by atoms with E-state index in [2.05, 4.69) is 32.9 Å². The lowest BCUT2D eigenvalue weighted by molar-refractivity contribution is -0.162. The van der Waals surface area contributed by atoms with E-state index in [0.29, 0.717) is 30.8 Å². The average molecular weight is 391 g/mol. The van der Waals surface area contributed by atoms with Crippen LogP contribution >= 0.6 is 0 Å². The van der Waals surface area contributed by atoms with Crippen LogP contribution in [0, 0.1) is 28.6 Å². The molecule has 1 aliphatic heterocycles. The summed E-state index contributed by atoms with van der Waals surface area (Å²) in [6.45, 7) is 7.49. The zero-order valence-electron chi connectivity index (χ0n) is 18.2. The second kappa shape index (κ2) is 8.69. The maximum atomic E-state index is 13.3. The summed E-state index contributed by atoms with van der Waals surface area (Å²) in [5.41, 5.74) is -0.700. The van der Waals surface area contributed by atoms with Crippen LogP contribution in [-0.2, 0) is 19.1 Å². The molecule has 3 aliphatic rings. The maximum Gasteiger partial charge on any atom is 0.319 e. The lowest BCUT2D eigenvalue weighted by Crippen LogP contribution is -2.45. The Balaban J connectivity index is 1.57. The predicted molar refractivity (Wildman–Crippen MR) is 110 cm³/mol. The molecule has 28 heavy (non-hydrogen) atoms. The Labute approximate surface area is 170 Å². The molecule has 158 valence electrons. The second-order valence-corrected chi connectivity index (χ2v) is 9.85. The molecule has 0 spiro atoms. The highest BCUT2D eigenvalue weighted by atomic mass is 16.5. The van der Waals surface area contributed by atoms with Gasteiger partial charge in [0.2, 0.25) is 0 Å². The van der Waals surface area contributed by atoms with Gasteiger partial charge < -0.3 is 9.47 Å². The van der Waals surface area contributed by atoms with Crippen molar-refractivity contribution in [1.82, 2.24) is 0 Å². The molecule has 0 aromatic rings. The molecule has 2 saturated carbocycles. The molecule has 2 aliphatic carbocycles. The molecule has 0 aromatic carbocycles. The van der Waals surface area contributed by atoms with Crippen LogP contribution in [0.5, 0.6) is 0 Å². The molecule has 4 nitrogen and oxygen atoms in total. The van der Waals surface area contributed by atoms with E-state index in [0.717, 1.165) is 38.7 Å². The molecule has 1 saturated heterocycles. The summed E-state index contributed by atoms with van der Waals surface area (Å²) >= 11 is 0. The molecule has 0 radical (unpaired) electrons. The van der Waals surface area contributed by atoms with Crippen molar-refractivity contribution in [3.05, 3.63) is 12.2 Å². The van der Waals surface area contributed by atoms with Crippen LogP contribution < -0.4 is 0 Å². The van der Waals surface area contributed by atoms with Crippen molar-refractivity contribution in [2.75, 3.05) is 13.7 Å². The molecular formula is C24H38O4. The normalized spacial score (nSPS) is 37.4. The second-order valence-electron chi connectivity index (χ2n) is 9.85. The van der Waals surface area contributed by atoms with Crippen molar-refractivity contribution in [3.8, 4) is 0 Å². The number of hydrogen-bond donors (Lipinski definition) is 0. The van der Waals surface area contributed by atoms with Gasteiger partial charge in [-0.2, -0.15) is 0 Å². The fourth-order valence-corrected chi connectivity index (χ4v) is 5.81. The molecule has 0 aromatic heterocycles. The van der Waals surface area contributed by atoms with E-state index in [1.54, 1.807) is 0 Å². The number of hydrogen-bond acceptors (Lipinski definition) is 4. The summed E-state index contributed by atoms with van der Waals surface area (Å²) < 4.78 is 10.9. The number of carbonyl (C=O) groups is 2. The first-order valence-electron chi connectivity index (χ1n) is 11.2. The number of esters is 1. The van der Waals surface area contributed by atoms with Gasteiger partial charge in [0.1, 0.15) is 5.41 Å². The monoisotopic (exact) mass is 390 g/mol. The highest BCUT2D eigenvalue weighted by Crippen LogP contribution is 2.66. The minimum atomic E-state index is -0.946. The quantitative estimate of drug-likeness (QED) is 0.263. The fraction of sp³-hybridized carbons (Fsp3) is 0.833. The van der Waals surface area contributed by atoms with Crippen LogP contribution in [0.1, 0.15) is 78.6 Å². The van der Waals surface area contributed by atoms with E-state index < -0.39 is 5.41 Å². The van der Waals surface area contributed by atoms with Crippen molar-refractivity contribution in [3.63, 3.8) is 0 Å². The Bertz CT molecular complexity index is 602. The first-order chi connectivity index (χ1) is 13.3. The smallest absolute Gasteiger partial charge is 0.319 e. The Morgan fingerprint density at radius 1 is 1.25 bits per heavy atom. The molecule has 2 unspecified atom stereocenters. The molecular weight excluding hydrogens is 352 g/mol. The van der Waals surface area contributed by atoms with Crippen molar-refractivity contribution in [2.24, 2.45) is 28.6 Å². The highest BCUT2D eigenvalue weighted by Gasteiger charge is 2.64. The van der Waals surface area contributed by atoms with Crippen molar-refractivity contribution in [2.45, 2.75) is 84.7 Å². The van der Waals surface area contributed by atoms with E-state index in [4.69, 9.17) is 9.47 Å². The van der Waals surface area contributed by atoms with Gasteiger partial charge in [-0.25, -0.2) is 0 Å². The first kappa shape index (κ1) is 21.5. The van der Waals surface area contributed by atoms with Gasteiger partial charge in [-0.3, -0.25) is 9.59 Å². The summed E-state index contributed by atoms with van der Waals surface area (Å²) in [5, 5.41) is 0. The van der Waals surface area contributed by atoms with E-state index in [9.17, 15) is 9.59 Å². The van der Waals surface area contributed by atoms with Gasteiger partial charge in [-0.15, -0.1) is 0 Å². The lowest BCUT2D eigenvalue weighted by atomic mass is 9.67. The Hall–Kier alpha value is -1.16. The minimum Gasteiger partial charge on any atom is -0.468 e. The van der Waals surface area contributed by atoms with E-state index in [1.165, 1.54) is 20.0 Å². The number of fused-ring (bicyclic) bond motifs is 1. The van der Waals surface area contributed by atoms with Gasteiger partial charge in [-0.05, 0) is 74.5 Å². The number of allylic oxidation sites excluding steroid dienone is 1. The van der Waals surface area contributed by atoms with Gasteiger partial charge in [-0.1, -0.05) is 32.9 Å². The fourth-order valence-electron chi connectivity index (χ4n) is 5.81. The summed E-state index contributed by atoms with van der Waals surface area (Å²) in [6.07, 6.45) is 13.1. The van der Waals surface area contributed by atoms with E-state index in [-0.39, 0.29) is 23.1 Å². The molecule has 0 N–H and O–H groups in total. The molecule has 3 rings (SSSR count). The lowest BCUT2D eigenvalue weighted by Gasteiger charge is -2.35. The van der Waals surface area contributed by atoms with Gasteiger partial charge in [0.25, 0.3) is 0 Å². The number of Topliss-reactive ketones (excluding diaryl/α,β-unsaturated/α-hetero) is 1. The van der Waals surface area contributed by atoms with Crippen LogP contribution in [0.15, 0.2) is 12.2 Å². The zero-order valence-corrected chi connectivity index (χ0v) is 18.2. The van der Waals surface area contributed by atoms with Crippen LogP contribution in [0.2, 0.25) is 0 Å². The summed E-state index contributed by atoms with van der Waals surface area (Å²) in [7, 11) is 1.42.